The van der Waals surface area contributed by atoms with Gasteiger partial charge in [0, 0.05) is 29.7 Å². The van der Waals surface area contributed by atoms with E-state index in [0.29, 0.717) is 12.0 Å². The number of aromatic nitrogens is 1. The number of nitrogens with one attached hydrogen (secondary N) is 1. The highest BCUT2D eigenvalue weighted by atomic mass is 19.4. The quantitative estimate of drug-likeness (QED) is 0.427. The number of rotatable bonds is 6. The molecule has 2 aromatic carbocycles. The summed E-state index contributed by atoms with van der Waals surface area (Å²) in [6.07, 6.45) is 3.54. The molecule has 6 heteroatoms. The van der Waals surface area contributed by atoms with Gasteiger partial charge in [-0.25, -0.2) is 0 Å². The van der Waals surface area contributed by atoms with Crippen molar-refractivity contribution in [2.24, 2.45) is 5.92 Å². The van der Waals surface area contributed by atoms with E-state index in [-0.39, 0.29) is 11.9 Å². The first-order valence-corrected chi connectivity index (χ1v) is 11.9. The Morgan fingerprint density at radius 1 is 1.03 bits per heavy atom. The third kappa shape index (κ3) is 5.10. The van der Waals surface area contributed by atoms with Crippen LogP contribution in [0.5, 0.6) is 0 Å². The summed E-state index contributed by atoms with van der Waals surface area (Å²) in [6.45, 7) is 4.99. The van der Waals surface area contributed by atoms with E-state index in [4.69, 9.17) is 0 Å². The smallest absolute Gasteiger partial charge is 0.349 e. The van der Waals surface area contributed by atoms with Crippen LogP contribution in [0.2, 0.25) is 0 Å². The average molecular weight is 457 g/mol. The van der Waals surface area contributed by atoms with Gasteiger partial charge in [0.2, 0.25) is 0 Å². The van der Waals surface area contributed by atoms with E-state index in [0.717, 1.165) is 72.3 Å². The summed E-state index contributed by atoms with van der Waals surface area (Å²) in [7, 11) is 0. The van der Waals surface area contributed by atoms with Crippen molar-refractivity contribution in [1.29, 1.82) is 0 Å². The summed E-state index contributed by atoms with van der Waals surface area (Å²) in [5.74, 6) is 0.697. The lowest BCUT2D eigenvalue weighted by Gasteiger charge is -2.28. The molecule has 0 unspecified atom stereocenters. The molecule has 4 rings (SSSR count). The highest BCUT2D eigenvalue weighted by molar-refractivity contribution is 6.08. The van der Waals surface area contributed by atoms with Crippen LogP contribution < -0.4 is 5.32 Å². The SMILES string of the molecule is CCC1CCC(NC(=O)c2cn(CC)c3cccc(Cc4ccc(C(F)(F)F)cc4)c23)CC1. The van der Waals surface area contributed by atoms with Gasteiger partial charge in [-0.2, -0.15) is 13.2 Å². The molecule has 176 valence electrons. The number of carbonyl (C=O) groups excluding carboxylic acids is 1. The maximum Gasteiger partial charge on any atom is 0.416 e. The van der Waals surface area contributed by atoms with E-state index in [1.54, 1.807) is 0 Å². The Balaban J connectivity index is 1.62. The fourth-order valence-electron chi connectivity index (χ4n) is 5.02. The molecule has 1 aliphatic carbocycles. The topological polar surface area (TPSA) is 34.0 Å². The zero-order valence-corrected chi connectivity index (χ0v) is 19.2. The van der Waals surface area contributed by atoms with Gasteiger partial charge in [0.1, 0.15) is 0 Å². The van der Waals surface area contributed by atoms with Crippen molar-refractivity contribution in [3.8, 4) is 0 Å². The zero-order chi connectivity index (χ0) is 23.6. The van der Waals surface area contributed by atoms with Crippen molar-refractivity contribution >= 4 is 16.8 Å². The third-order valence-electron chi connectivity index (χ3n) is 7.01. The fraction of sp³-hybridized carbons (Fsp3) is 0.444. The average Bonchev–Trinajstić information content (AvgIpc) is 3.19. The molecule has 0 saturated heterocycles. The normalized spacial score (nSPS) is 19.1. The Kier molecular flexibility index (Phi) is 6.82. The molecule has 1 N–H and O–H groups in total. The number of alkyl halides is 3. The molecule has 3 aromatic rings. The molecule has 0 radical (unpaired) electrons. The van der Waals surface area contributed by atoms with Crippen LogP contribution in [0.1, 0.15) is 73.0 Å². The predicted octanol–water partition coefficient (Wildman–Crippen LogP) is 6.97. The Bertz CT molecular complexity index is 1110. The Morgan fingerprint density at radius 2 is 1.73 bits per heavy atom. The standard InChI is InChI=1S/C27H31F3N2O/c1-3-18-10-14-22(15-11-18)31-26(33)23-17-32(4-2)24-7-5-6-20(25(23)24)16-19-8-12-21(13-9-19)27(28,29)30/h5-9,12-13,17-18,22H,3-4,10-11,14-16H2,1-2H3,(H,31,33). The molecule has 1 amide bonds. The van der Waals surface area contributed by atoms with Crippen LogP contribution >= 0.6 is 0 Å². The second-order valence-electron chi connectivity index (χ2n) is 9.11. The Labute approximate surface area is 193 Å². The highest BCUT2D eigenvalue weighted by Crippen LogP contribution is 2.32. The number of nitrogens with zero attached hydrogens (tertiary/aromatic N) is 1. The van der Waals surface area contributed by atoms with Gasteiger partial charge in [-0.15, -0.1) is 0 Å². The number of amides is 1. The van der Waals surface area contributed by atoms with Gasteiger partial charge in [0.05, 0.1) is 11.1 Å². The molecule has 1 fully saturated rings. The monoisotopic (exact) mass is 456 g/mol. The maximum atomic E-state index is 13.3. The van der Waals surface area contributed by atoms with Crippen LogP contribution in [0.4, 0.5) is 13.2 Å². The maximum absolute atomic E-state index is 13.3. The van der Waals surface area contributed by atoms with Crippen molar-refractivity contribution in [2.75, 3.05) is 0 Å². The minimum atomic E-state index is -4.35. The van der Waals surface area contributed by atoms with Gasteiger partial charge in [-0.05, 0) is 74.3 Å². The number of hydrogen-bond acceptors (Lipinski definition) is 1. The van der Waals surface area contributed by atoms with Crippen LogP contribution in [0.15, 0.2) is 48.7 Å². The molecule has 0 bridgehead atoms. The van der Waals surface area contributed by atoms with Crippen molar-refractivity contribution in [2.45, 2.75) is 71.1 Å². The molecule has 33 heavy (non-hydrogen) atoms. The molecular weight excluding hydrogens is 425 g/mol. The molecule has 0 aliphatic heterocycles. The van der Waals surface area contributed by atoms with E-state index >= 15 is 0 Å². The number of aryl methyl sites for hydroxylation is 1. The Morgan fingerprint density at radius 3 is 2.33 bits per heavy atom. The number of benzene rings is 2. The molecule has 0 spiro atoms. The van der Waals surface area contributed by atoms with Gasteiger partial charge in [0.25, 0.3) is 5.91 Å². The Hall–Kier alpha value is -2.76. The number of halogens is 3. The van der Waals surface area contributed by atoms with Crippen LogP contribution in [0.3, 0.4) is 0 Å². The summed E-state index contributed by atoms with van der Waals surface area (Å²) in [6, 6.07) is 11.4. The fourth-order valence-corrected chi connectivity index (χ4v) is 5.02. The zero-order valence-electron chi connectivity index (χ0n) is 19.2. The summed E-state index contributed by atoms with van der Waals surface area (Å²) < 4.78 is 40.8. The molecule has 0 atom stereocenters. The summed E-state index contributed by atoms with van der Waals surface area (Å²) in [5.41, 5.74) is 2.69. The van der Waals surface area contributed by atoms with Gasteiger partial charge < -0.3 is 9.88 Å². The third-order valence-corrected chi connectivity index (χ3v) is 7.01. The second kappa shape index (κ2) is 9.62. The molecule has 1 saturated carbocycles. The van der Waals surface area contributed by atoms with Crippen molar-refractivity contribution in [1.82, 2.24) is 9.88 Å². The van der Waals surface area contributed by atoms with Crippen molar-refractivity contribution in [3.05, 3.63) is 70.9 Å². The molecule has 1 aliphatic rings. The van der Waals surface area contributed by atoms with Crippen molar-refractivity contribution in [3.63, 3.8) is 0 Å². The lowest BCUT2D eigenvalue weighted by Crippen LogP contribution is -2.37. The van der Waals surface area contributed by atoms with Gasteiger partial charge in [-0.1, -0.05) is 37.6 Å². The molecule has 3 nitrogen and oxygen atoms in total. The number of fused-ring (bicyclic) bond motifs is 1. The minimum absolute atomic E-state index is 0.0629. The molecular formula is C27H31F3N2O. The lowest BCUT2D eigenvalue weighted by molar-refractivity contribution is -0.137. The first kappa shape index (κ1) is 23.4. The predicted molar refractivity (Wildman–Crippen MR) is 125 cm³/mol. The summed E-state index contributed by atoms with van der Waals surface area (Å²) in [5, 5.41) is 4.14. The van der Waals surface area contributed by atoms with Crippen LogP contribution in [-0.4, -0.2) is 16.5 Å². The van der Waals surface area contributed by atoms with E-state index in [1.165, 1.54) is 18.6 Å². The number of carbonyl (C=O) groups is 1. The van der Waals surface area contributed by atoms with E-state index in [9.17, 15) is 18.0 Å². The molecule has 1 heterocycles. The van der Waals surface area contributed by atoms with Crippen LogP contribution in [0, 0.1) is 5.92 Å². The number of hydrogen-bond donors (Lipinski definition) is 1. The highest BCUT2D eigenvalue weighted by Gasteiger charge is 2.30. The van der Waals surface area contributed by atoms with E-state index in [2.05, 4.69) is 16.8 Å². The van der Waals surface area contributed by atoms with Crippen LogP contribution in [-0.2, 0) is 19.1 Å². The first-order valence-electron chi connectivity index (χ1n) is 11.9. The minimum Gasteiger partial charge on any atom is -0.349 e. The van der Waals surface area contributed by atoms with Gasteiger partial charge >= 0.3 is 6.18 Å². The van der Waals surface area contributed by atoms with Crippen LogP contribution in [0.25, 0.3) is 10.9 Å². The lowest BCUT2D eigenvalue weighted by atomic mass is 9.84. The first-order chi connectivity index (χ1) is 15.8. The largest absolute Gasteiger partial charge is 0.416 e. The van der Waals surface area contributed by atoms with E-state index < -0.39 is 11.7 Å². The second-order valence-corrected chi connectivity index (χ2v) is 9.11. The van der Waals surface area contributed by atoms with E-state index in [1.807, 2.05) is 31.3 Å². The van der Waals surface area contributed by atoms with Crippen molar-refractivity contribution < 1.29 is 18.0 Å². The molecule has 1 aromatic heterocycles. The summed E-state index contributed by atoms with van der Waals surface area (Å²) in [4.78, 5) is 13.3. The van der Waals surface area contributed by atoms with Gasteiger partial charge in [-0.3, -0.25) is 4.79 Å². The van der Waals surface area contributed by atoms with Gasteiger partial charge in [0.15, 0.2) is 0 Å². The summed E-state index contributed by atoms with van der Waals surface area (Å²) >= 11 is 0.